The molecule has 0 atom stereocenters. The summed E-state index contributed by atoms with van der Waals surface area (Å²) in [6.07, 6.45) is 3.76. The van der Waals surface area contributed by atoms with Gasteiger partial charge in [-0.1, -0.05) is 60.7 Å². The molecule has 0 spiro atoms. The van der Waals surface area contributed by atoms with Gasteiger partial charge in [-0.2, -0.15) is 5.10 Å². The highest BCUT2D eigenvalue weighted by Crippen LogP contribution is 2.37. The van der Waals surface area contributed by atoms with Gasteiger partial charge in [-0.15, -0.1) is 5.10 Å². The van der Waals surface area contributed by atoms with Gasteiger partial charge < -0.3 is 9.52 Å². The Bertz CT molecular complexity index is 940. The molecule has 5 nitrogen and oxygen atoms in total. The van der Waals surface area contributed by atoms with E-state index < -0.39 is 0 Å². The van der Waals surface area contributed by atoms with Crippen molar-refractivity contribution in [3.63, 3.8) is 0 Å². The van der Waals surface area contributed by atoms with Gasteiger partial charge in [0.25, 0.3) is 0 Å². The molecule has 4 rings (SSSR count). The largest absolute Gasteiger partial charge is 0.444 e. The van der Waals surface area contributed by atoms with E-state index in [0.29, 0.717) is 23.7 Å². The Kier molecular flexibility index (Phi) is 4.53. The molecule has 0 saturated carbocycles. The van der Waals surface area contributed by atoms with E-state index in [0.717, 1.165) is 22.3 Å². The molecule has 0 aliphatic heterocycles. The molecule has 0 unspecified atom stereocenters. The Morgan fingerprint density at radius 1 is 0.885 bits per heavy atom. The fourth-order valence-electron chi connectivity index (χ4n) is 2.89. The SMILES string of the molecule is OCCc1coc(-c2c(-c3ccccc3)cnnc2-c2ccccc2)n1. The lowest BCUT2D eigenvalue weighted by molar-refractivity contribution is 0.298. The number of hydrogen-bond acceptors (Lipinski definition) is 5. The van der Waals surface area contributed by atoms with Crippen molar-refractivity contribution >= 4 is 0 Å². The number of hydrogen-bond donors (Lipinski definition) is 1. The summed E-state index contributed by atoms with van der Waals surface area (Å²) < 4.78 is 5.74. The molecule has 0 aliphatic rings. The average molecular weight is 343 g/mol. The van der Waals surface area contributed by atoms with Crippen LogP contribution in [0.15, 0.2) is 77.5 Å². The van der Waals surface area contributed by atoms with Gasteiger partial charge >= 0.3 is 0 Å². The van der Waals surface area contributed by atoms with Gasteiger partial charge in [-0.05, 0) is 5.56 Å². The minimum Gasteiger partial charge on any atom is -0.444 e. The molecular weight excluding hydrogens is 326 g/mol. The molecule has 2 aromatic carbocycles. The fourth-order valence-corrected chi connectivity index (χ4v) is 2.89. The summed E-state index contributed by atoms with van der Waals surface area (Å²) >= 11 is 0. The fraction of sp³-hybridized carbons (Fsp3) is 0.0952. The molecule has 26 heavy (non-hydrogen) atoms. The van der Waals surface area contributed by atoms with Crippen LogP contribution in [0.3, 0.4) is 0 Å². The van der Waals surface area contributed by atoms with Gasteiger partial charge in [0.1, 0.15) is 12.0 Å². The normalized spacial score (nSPS) is 10.8. The molecular formula is C21H17N3O2. The highest BCUT2D eigenvalue weighted by Gasteiger charge is 2.20. The first kappa shape index (κ1) is 16.2. The maximum atomic E-state index is 9.16. The lowest BCUT2D eigenvalue weighted by Crippen LogP contribution is -1.97. The van der Waals surface area contributed by atoms with Crippen LogP contribution < -0.4 is 0 Å². The summed E-state index contributed by atoms with van der Waals surface area (Å²) in [5, 5.41) is 17.7. The van der Waals surface area contributed by atoms with Crippen molar-refractivity contribution in [2.45, 2.75) is 6.42 Å². The Morgan fingerprint density at radius 2 is 1.58 bits per heavy atom. The number of aliphatic hydroxyl groups is 1. The van der Waals surface area contributed by atoms with Gasteiger partial charge in [-0.25, -0.2) is 4.98 Å². The number of benzene rings is 2. The van der Waals surface area contributed by atoms with Crippen molar-refractivity contribution < 1.29 is 9.52 Å². The Balaban J connectivity index is 1.95. The molecule has 2 heterocycles. The topological polar surface area (TPSA) is 72.0 Å². The van der Waals surface area contributed by atoms with Crippen molar-refractivity contribution in [2.24, 2.45) is 0 Å². The Morgan fingerprint density at radius 3 is 2.27 bits per heavy atom. The van der Waals surface area contributed by atoms with Crippen LogP contribution in [0.4, 0.5) is 0 Å². The standard InChI is InChI=1S/C21H17N3O2/c25-12-11-17-14-26-21(23-17)19-18(15-7-3-1-4-8-15)13-22-24-20(19)16-9-5-2-6-10-16/h1-10,13-14,25H,11-12H2. The van der Waals surface area contributed by atoms with Crippen molar-refractivity contribution in [3.05, 3.63) is 78.8 Å². The third-order valence-corrected chi connectivity index (χ3v) is 4.12. The molecule has 0 bridgehead atoms. The van der Waals surface area contributed by atoms with E-state index in [1.807, 2.05) is 60.7 Å². The van der Waals surface area contributed by atoms with Gasteiger partial charge in [0.2, 0.25) is 5.89 Å². The third-order valence-electron chi connectivity index (χ3n) is 4.12. The Hall–Kier alpha value is -3.31. The summed E-state index contributed by atoms with van der Waals surface area (Å²) in [6, 6.07) is 19.8. The van der Waals surface area contributed by atoms with Gasteiger partial charge in [0.15, 0.2) is 0 Å². The lowest BCUT2D eigenvalue weighted by atomic mass is 9.97. The zero-order valence-corrected chi connectivity index (χ0v) is 14.0. The quantitative estimate of drug-likeness (QED) is 0.593. The van der Waals surface area contributed by atoms with Crippen LogP contribution in [-0.4, -0.2) is 26.9 Å². The first-order chi connectivity index (χ1) is 12.9. The highest BCUT2D eigenvalue weighted by molar-refractivity contribution is 5.89. The first-order valence-electron chi connectivity index (χ1n) is 8.39. The maximum Gasteiger partial charge on any atom is 0.229 e. The number of rotatable bonds is 5. The van der Waals surface area contributed by atoms with Gasteiger partial charge in [0.05, 0.1) is 17.5 Å². The van der Waals surface area contributed by atoms with Crippen molar-refractivity contribution in [2.75, 3.05) is 6.61 Å². The van der Waals surface area contributed by atoms with E-state index >= 15 is 0 Å². The second-order valence-electron chi connectivity index (χ2n) is 5.83. The molecule has 0 amide bonds. The molecule has 0 radical (unpaired) electrons. The summed E-state index contributed by atoms with van der Waals surface area (Å²) in [5.41, 5.74) is 5.06. The smallest absolute Gasteiger partial charge is 0.229 e. The van der Waals surface area contributed by atoms with E-state index in [4.69, 9.17) is 9.52 Å². The van der Waals surface area contributed by atoms with E-state index in [1.165, 1.54) is 0 Å². The number of aliphatic hydroxyl groups excluding tert-OH is 1. The second kappa shape index (κ2) is 7.29. The minimum absolute atomic E-state index is 0.0254. The van der Waals surface area contributed by atoms with E-state index in [-0.39, 0.29) is 6.61 Å². The van der Waals surface area contributed by atoms with Crippen molar-refractivity contribution in [1.29, 1.82) is 0 Å². The molecule has 2 aromatic heterocycles. The van der Waals surface area contributed by atoms with Crippen LogP contribution in [0.1, 0.15) is 5.69 Å². The predicted molar refractivity (Wildman–Crippen MR) is 99.2 cm³/mol. The summed E-state index contributed by atoms with van der Waals surface area (Å²) in [6.45, 7) is 0.0254. The van der Waals surface area contributed by atoms with Crippen molar-refractivity contribution in [3.8, 4) is 33.8 Å². The first-order valence-corrected chi connectivity index (χ1v) is 8.39. The highest BCUT2D eigenvalue weighted by atomic mass is 16.3. The van der Waals surface area contributed by atoms with Gasteiger partial charge in [-0.3, -0.25) is 0 Å². The van der Waals surface area contributed by atoms with Crippen LogP contribution in [-0.2, 0) is 6.42 Å². The van der Waals surface area contributed by atoms with Crippen molar-refractivity contribution in [1.82, 2.24) is 15.2 Å². The van der Waals surface area contributed by atoms with E-state index in [1.54, 1.807) is 12.5 Å². The molecule has 128 valence electrons. The minimum atomic E-state index is 0.0254. The zero-order valence-electron chi connectivity index (χ0n) is 14.0. The molecule has 0 saturated heterocycles. The monoisotopic (exact) mass is 343 g/mol. The van der Waals surface area contributed by atoms with Crippen LogP contribution in [0.25, 0.3) is 33.8 Å². The van der Waals surface area contributed by atoms with Crippen LogP contribution in [0.2, 0.25) is 0 Å². The summed E-state index contributed by atoms with van der Waals surface area (Å²) in [7, 11) is 0. The third kappa shape index (κ3) is 3.12. The molecule has 0 fully saturated rings. The molecule has 4 aromatic rings. The number of aromatic nitrogens is 3. The van der Waals surface area contributed by atoms with E-state index in [2.05, 4.69) is 15.2 Å². The summed E-state index contributed by atoms with van der Waals surface area (Å²) in [5.74, 6) is 0.473. The maximum absolute atomic E-state index is 9.16. The van der Waals surface area contributed by atoms with Crippen LogP contribution >= 0.6 is 0 Å². The summed E-state index contributed by atoms with van der Waals surface area (Å²) in [4.78, 5) is 4.55. The second-order valence-corrected chi connectivity index (χ2v) is 5.83. The predicted octanol–water partition coefficient (Wildman–Crippen LogP) is 4.00. The zero-order chi connectivity index (χ0) is 17.8. The lowest BCUT2D eigenvalue weighted by Gasteiger charge is -2.11. The number of nitrogens with zero attached hydrogens (tertiary/aromatic N) is 3. The van der Waals surface area contributed by atoms with Crippen LogP contribution in [0.5, 0.6) is 0 Å². The average Bonchev–Trinajstić information content (AvgIpc) is 3.17. The van der Waals surface area contributed by atoms with E-state index in [9.17, 15) is 0 Å². The Labute approximate surface area is 151 Å². The molecule has 5 heteroatoms. The number of oxazole rings is 1. The molecule has 1 N–H and O–H groups in total. The molecule has 0 aliphatic carbocycles. The van der Waals surface area contributed by atoms with Crippen LogP contribution in [0, 0.1) is 0 Å². The van der Waals surface area contributed by atoms with Gasteiger partial charge in [0, 0.05) is 24.2 Å².